The van der Waals surface area contributed by atoms with Crippen molar-refractivity contribution >= 4 is 16.1 Å². The average molecular weight is 363 g/mol. The molecule has 0 saturated heterocycles. The van der Waals surface area contributed by atoms with Crippen LogP contribution in [0.15, 0.2) is 48.5 Å². The van der Waals surface area contributed by atoms with E-state index in [0.717, 1.165) is 22.6 Å². The second kappa shape index (κ2) is 7.78. The van der Waals surface area contributed by atoms with Crippen LogP contribution in [0.1, 0.15) is 11.1 Å². The van der Waals surface area contributed by atoms with E-state index in [9.17, 15) is 0 Å². The van der Waals surface area contributed by atoms with Crippen molar-refractivity contribution in [3.05, 3.63) is 59.7 Å². The molecule has 2 aromatic rings. The van der Waals surface area contributed by atoms with Gasteiger partial charge in [0.15, 0.2) is 0 Å². The van der Waals surface area contributed by atoms with Crippen LogP contribution >= 0.6 is 0 Å². The van der Waals surface area contributed by atoms with E-state index in [2.05, 4.69) is 62.2 Å². The molecule has 0 amide bonds. The van der Waals surface area contributed by atoms with Crippen molar-refractivity contribution < 1.29 is 4.74 Å². The summed E-state index contributed by atoms with van der Waals surface area (Å²) in [5, 5.41) is 0. The van der Waals surface area contributed by atoms with Gasteiger partial charge in [0.2, 0.25) is 0 Å². The van der Waals surface area contributed by atoms with Gasteiger partial charge in [-0.3, -0.25) is 0 Å². The first-order chi connectivity index (χ1) is 11.6. The largest absolute Gasteiger partial charge is 0.455 e. The van der Waals surface area contributed by atoms with Crippen LogP contribution in [0.2, 0.25) is 39.3 Å². The van der Waals surface area contributed by atoms with Crippen molar-refractivity contribution in [2.45, 2.75) is 39.3 Å². The number of hydrogen-bond acceptors (Lipinski definition) is 1. The first-order valence-electron chi connectivity index (χ1n) is 8.56. The van der Waals surface area contributed by atoms with Crippen LogP contribution in [0.5, 0.6) is 11.5 Å². The summed E-state index contributed by atoms with van der Waals surface area (Å²) >= 11 is 0. The molecule has 0 spiro atoms. The van der Waals surface area contributed by atoms with Gasteiger partial charge < -0.3 is 4.74 Å². The lowest BCUT2D eigenvalue weighted by Gasteiger charge is -2.11. The van der Waals surface area contributed by atoms with Gasteiger partial charge in [-0.25, -0.2) is 0 Å². The van der Waals surface area contributed by atoms with E-state index in [1.165, 1.54) is 0 Å². The summed E-state index contributed by atoms with van der Waals surface area (Å²) in [4.78, 5) is 0. The molecular formula is C22H26OSi2. The SMILES string of the molecule is C[Si](C)(C)C#Cc1ccccc1Oc1ccccc1C#C[Si](C)(C)C. The van der Waals surface area contributed by atoms with Gasteiger partial charge >= 0.3 is 0 Å². The topological polar surface area (TPSA) is 9.23 Å². The van der Waals surface area contributed by atoms with Gasteiger partial charge in [0.1, 0.15) is 27.6 Å². The first-order valence-corrected chi connectivity index (χ1v) is 15.6. The maximum atomic E-state index is 6.20. The van der Waals surface area contributed by atoms with E-state index < -0.39 is 16.1 Å². The highest BCUT2D eigenvalue weighted by molar-refractivity contribution is 6.84. The molecule has 128 valence electrons. The summed E-state index contributed by atoms with van der Waals surface area (Å²) in [7, 11) is -2.87. The maximum Gasteiger partial charge on any atom is 0.143 e. The van der Waals surface area contributed by atoms with Gasteiger partial charge in [0, 0.05) is 0 Å². The first kappa shape index (κ1) is 19.1. The Morgan fingerprint density at radius 2 is 0.960 bits per heavy atom. The molecule has 2 rings (SSSR count). The highest BCUT2D eigenvalue weighted by atomic mass is 28.3. The van der Waals surface area contributed by atoms with E-state index in [0.29, 0.717) is 0 Å². The molecule has 0 bridgehead atoms. The predicted octanol–water partition coefficient (Wildman–Crippen LogP) is 5.94. The standard InChI is InChI=1S/C22H26OSi2/c1-24(2,3)17-15-19-11-7-9-13-21(19)23-22-14-10-8-12-20(22)16-18-25(4,5)6/h7-14H,1-6H3. The zero-order chi connectivity index (χ0) is 18.5. The molecule has 0 fully saturated rings. The fraction of sp³-hybridized carbons (Fsp3) is 0.273. The zero-order valence-corrected chi connectivity index (χ0v) is 18.0. The molecule has 25 heavy (non-hydrogen) atoms. The third kappa shape index (κ3) is 6.66. The van der Waals surface area contributed by atoms with Gasteiger partial charge in [-0.1, -0.05) is 75.4 Å². The van der Waals surface area contributed by atoms with Gasteiger partial charge in [-0.2, -0.15) is 0 Å². The molecule has 0 aromatic heterocycles. The summed E-state index contributed by atoms with van der Waals surface area (Å²) in [6.07, 6.45) is 0. The average Bonchev–Trinajstić information content (AvgIpc) is 2.52. The number of ether oxygens (including phenoxy) is 1. The van der Waals surface area contributed by atoms with Crippen LogP contribution in [0.4, 0.5) is 0 Å². The predicted molar refractivity (Wildman–Crippen MR) is 113 cm³/mol. The van der Waals surface area contributed by atoms with Gasteiger partial charge in [0.25, 0.3) is 0 Å². The van der Waals surface area contributed by atoms with Crippen LogP contribution in [0.3, 0.4) is 0 Å². The Kier molecular flexibility index (Phi) is 5.95. The number of para-hydroxylation sites is 2. The third-order valence-corrected chi connectivity index (χ3v) is 4.89. The summed E-state index contributed by atoms with van der Waals surface area (Å²) < 4.78 is 6.20. The van der Waals surface area contributed by atoms with E-state index in [1.54, 1.807) is 0 Å². The molecule has 1 nitrogen and oxygen atoms in total. The maximum absolute atomic E-state index is 6.20. The molecule has 0 aliphatic rings. The normalized spacial score (nSPS) is 11.0. The minimum absolute atomic E-state index is 0.788. The molecule has 2 aromatic carbocycles. The molecule has 0 atom stereocenters. The van der Waals surface area contributed by atoms with Crippen LogP contribution < -0.4 is 4.74 Å². The van der Waals surface area contributed by atoms with Gasteiger partial charge in [-0.05, 0) is 24.3 Å². The second-order valence-electron chi connectivity index (χ2n) is 8.09. The molecule has 0 unspecified atom stereocenters. The molecule has 0 radical (unpaired) electrons. The van der Waals surface area contributed by atoms with E-state index >= 15 is 0 Å². The highest BCUT2D eigenvalue weighted by Gasteiger charge is 2.11. The van der Waals surface area contributed by atoms with Crippen molar-refractivity contribution in [2.75, 3.05) is 0 Å². The smallest absolute Gasteiger partial charge is 0.143 e. The summed E-state index contributed by atoms with van der Waals surface area (Å²) in [5.74, 6) is 8.19. The molecule has 0 aliphatic heterocycles. The molecule has 0 N–H and O–H groups in total. The lowest BCUT2D eigenvalue weighted by molar-refractivity contribution is 0.480. The summed E-state index contributed by atoms with van der Waals surface area (Å²) in [6, 6.07) is 15.9. The Hall–Kier alpha value is -2.21. The molecule has 0 heterocycles. The van der Waals surface area contributed by atoms with Crippen molar-refractivity contribution in [1.82, 2.24) is 0 Å². The van der Waals surface area contributed by atoms with Crippen LogP contribution in [0, 0.1) is 22.9 Å². The Labute approximate surface area is 154 Å². The zero-order valence-electron chi connectivity index (χ0n) is 16.0. The lowest BCUT2D eigenvalue weighted by Crippen LogP contribution is -2.16. The minimum atomic E-state index is -1.43. The third-order valence-electron chi connectivity index (χ3n) is 3.14. The molecule has 3 heteroatoms. The summed E-state index contributed by atoms with van der Waals surface area (Å²) in [5.41, 5.74) is 8.68. The van der Waals surface area contributed by atoms with E-state index in [1.807, 2.05) is 48.5 Å². The lowest BCUT2D eigenvalue weighted by atomic mass is 10.2. The van der Waals surface area contributed by atoms with Crippen molar-refractivity contribution in [3.8, 4) is 34.4 Å². The quantitative estimate of drug-likeness (QED) is 0.475. The van der Waals surface area contributed by atoms with Crippen LogP contribution in [-0.4, -0.2) is 16.1 Å². The molecular weight excluding hydrogens is 336 g/mol. The monoisotopic (exact) mass is 362 g/mol. The van der Waals surface area contributed by atoms with Crippen molar-refractivity contribution in [1.29, 1.82) is 0 Å². The highest BCUT2D eigenvalue weighted by Crippen LogP contribution is 2.27. The van der Waals surface area contributed by atoms with Crippen molar-refractivity contribution in [3.63, 3.8) is 0 Å². The molecule has 0 saturated carbocycles. The molecule has 0 aliphatic carbocycles. The number of benzene rings is 2. The van der Waals surface area contributed by atoms with Crippen LogP contribution in [0.25, 0.3) is 0 Å². The minimum Gasteiger partial charge on any atom is -0.455 e. The van der Waals surface area contributed by atoms with E-state index in [4.69, 9.17) is 4.74 Å². The van der Waals surface area contributed by atoms with Gasteiger partial charge in [-0.15, -0.1) is 11.1 Å². The van der Waals surface area contributed by atoms with Gasteiger partial charge in [0.05, 0.1) is 11.1 Å². The Balaban J connectivity index is 2.38. The Bertz CT molecular complexity index is 789. The summed E-state index contributed by atoms with van der Waals surface area (Å²) in [6.45, 7) is 13.4. The Morgan fingerprint density at radius 1 is 0.600 bits per heavy atom. The second-order valence-corrected chi connectivity index (χ2v) is 17.6. The van der Waals surface area contributed by atoms with Crippen LogP contribution in [-0.2, 0) is 0 Å². The number of rotatable bonds is 2. The Morgan fingerprint density at radius 3 is 1.32 bits per heavy atom. The fourth-order valence-electron chi connectivity index (χ4n) is 1.95. The van der Waals surface area contributed by atoms with Crippen molar-refractivity contribution in [2.24, 2.45) is 0 Å². The fourth-order valence-corrected chi connectivity index (χ4v) is 2.97. The number of hydrogen-bond donors (Lipinski definition) is 0. The van der Waals surface area contributed by atoms with E-state index in [-0.39, 0.29) is 0 Å².